The molecule has 19 heavy (non-hydrogen) atoms. The lowest BCUT2D eigenvalue weighted by Gasteiger charge is -2.12. The van der Waals surface area contributed by atoms with Gasteiger partial charge in [0.1, 0.15) is 6.04 Å². The summed E-state index contributed by atoms with van der Waals surface area (Å²) in [5.74, 6) is -1.54. The Morgan fingerprint density at radius 3 is 2.89 bits per heavy atom. The fraction of sp³-hybridized carbons (Fsp3) is 0.333. The van der Waals surface area contributed by atoms with Gasteiger partial charge in [0.25, 0.3) is 5.91 Å². The Bertz CT molecular complexity index is 519. The van der Waals surface area contributed by atoms with Crippen molar-refractivity contribution in [2.45, 2.75) is 26.0 Å². The molecule has 2 rings (SSSR count). The molecule has 0 radical (unpaired) electrons. The topological polar surface area (TPSA) is 95.9 Å². The van der Waals surface area contributed by atoms with E-state index in [2.05, 4.69) is 5.32 Å². The molecule has 1 aliphatic rings. The summed E-state index contributed by atoms with van der Waals surface area (Å²) in [5, 5.41) is 20.9. The van der Waals surface area contributed by atoms with Gasteiger partial charge < -0.3 is 20.1 Å². The zero-order valence-corrected chi connectivity index (χ0v) is 10.4. The molecule has 7 heteroatoms. The van der Waals surface area contributed by atoms with E-state index in [-0.39, 0.29) is 0 Å². The number of fused-ring (bicyclic) bond motifs is 1. The Kier molecular flexibility index (Phi) is 3.87. The van der Waals surface area contributed by atoms with Gasteiger partial charge in [-0.1, -0.05) is 13.0 Å². The number of benzene rings is 1. The monoisotopic (exact) mass is 263 g/mol. The first-order chi connectivity index (χ1) is 9.02. The quantitative estimate of drug-likeness (QED) is 0.636. The molecule has 1 atom stereocenters. The third kappa shape index (κ3) is 2.77. The Labute approximate surface area is 110 Å². The minimum atomic E-state index is -1.07. The van der Waals surface area contributed by atoms with Crippen LogP contribution in [-0.2, 0) is 16.1 Å². The van der Waals surface area contributed by atoms with E-state index >= 15 is 0 Å². The van der Waals surface area contributed by atoms with Crippen molar-refractivity contribution in [1.29, 1.82) is 0 Å². The van der Waals surface area contributed by atoms with E-state index in [1.807, 2.05) is 0 Å². The predicted octanol–water partition coefficient (Wildman–Crippen LogP) is -0.503. The fourth-order valence-corrected chi connectivity index (χ4v) is 1.94. The van der Waals surface area contributed by atoms with E-state index in [9.17, 15) is 14.6 Å². The summed E-state index contributed by atoms with van der Waals surface area (Å²) in [6.07, 6.45) is 0.303. The Hall–Kier alpha value is -1.86. The summed E-state index contributed by atoms with van der Waals surface area (Å²) in [6, 6.07) is 3.89. The average Bonchev–Trinajstić information content (AvgIpc) is 2.76. The number of hydrogen-bond donors (Lipinski definition) is 3. The Balaban J connectivity index is 2.16. The molecule has 100 valence electrons. The molecule has 6 nitrogen and oxygen atoms in total. The standard InChI is InChI=1S/C12H14BNO5/c1-2-10(12(16)17)14-11(15)7-3-4-8-6-19-13(18)9(8)5-7/h3-5,10,18H,2,6H2,1H3,(H,14,15)(H,16,17). The first-order valence-electron chi connectivity index (χ1n) is 5.99. The summed E-state index contributed by atoms with van der Waals surface area (Å²) in [7, 11) is -1.02. The number of carbonyl (C=O) groups is 2. The average molecular weight is 263 g/mol. The van der Waals surface area contributed by atoms with Gasteiger partial charge in [-0.05, 0) is 29.6 Å². The molecule has 0 saturated heterocycles. The van der Waals surface area contributed by atoms with Crippen molar-refractivity contribution < 1.29 is 24.4 Å². The maximum absolute atomic E-state index is 11.9. The minimum Gasteiger partial charge on any atom is -0.480 e. The van der Waals surface area contributed by atoms with Crippen LogP contribution < -0.4 is 10.8 Å². The second-order valence-electron chi connectivity index (χ2n) is 4.35. The second kappa shape index (κ2) is 5.42. The molecule has 0 bridgehead atoms. The van der Waals surface area contributed by atoms with Gasteiger partial charge in [0, 0.05) is 5.56 Å². The molecule has 0 fully saturated rings. The molecule has 1 aromatic rings. The van der Waals surface area contributed by atoms with Crippen LogP contribution in [0.3, 0.4) is 0 Å². The van der Waals surface area contributed by atoms with Crippen molar-refractivity contribution >= 4 is 24.5 Å². The predicted molar refractivity (Wildman–Crippen MR) is 68.0 cm³/mol. The van der Waals surface area contributed by atoms with E-state index in [1.165, 1.54) is 6.07 Å². The van der Waals surface area contributed by atoms with Crippen LogP contribution >= 0.6 is 0 Å². The fourth-order valence-electron chi connectivity index (χ4n) is 1.94. The molecule has 0 saturated carbocycles. The van der Waals surface area contributed by atoms with Crippen molar-refractivity contribution in [1.82, 2.24) is 5.32 Å². The smallest absolute Gasteiger partial charge is 0.480 e. The van der Waals surface area contributed by atoms with Gasteiger partial charge in [-0.3, -0.25) is 4.79 Å². The van der Waals surface area contributed by atoms with Crippen molar-refractivity contribution in [3.8, 4) is 0 Å². The number of carbonyl (C=O) groups excluding carboxylic acids is 1. The number of carboxylic acid groups (broad SMARTS) is 1. The normalized spacial score (nSPS) is 14.9. The van der Waals surface area contributed by atoms with Crippen LogP contribution in [-0.4, -0.2) is 35.2 Å². The van der Waals surface area contributed by atoms with Crippen molar-refractivity contribution in [2.75, 3.05) is 0 Å². The molecular formula is C12H14BNO5. The summed E-state index contributed by atoms with van der Waals surface area (Å²) >= 11 is 0. The highest BCUT2D eigenvalue weighted by atomic mass is 16.5. The van der Waals surface area contributed by atoms with Gasteiger partial charge in [-0.2, -0.15) is 0 Å². The van der Waals surface area contributed by atoms with Gasteiger partial charge in [0.2, 0.25) is 0 Å². The van der Waals surface area contributed by atoms with E-state index in [1.54, 1.807) is 19.1 Å². The van der Waals surface area contributed by atoms with Crippen LogP contribution in [0.25, 0.3) is 0 Å². The number of aliphatic carboxylic acids is 1. The van der Waals surface area contributed by atoms with Crippen LogP contribution in [0.15, 0.2) is 18.2 Å². The third-order valence-electron chi connectivity index (χ3n) is 3.08. The Morgan fingerprint density at radius 2 is 2.26 bits per heavy atom. The zero-order chi connectivity index (χ0) is 14.0. The van der Waals surface area contributed by atoms with Gasteiger partial charge >= 0.3 is 13.1 Å². The summed E-state index contributed by atoms with van der Waals surface area (Å²) in [6.45, 7) is 1.99. The van der Waals surface area contributed by atoms with Crippen LogP contribution in [0, 0.1) is 0 Å². The van der Waals surface area contributed by atoms with Crippen molar-refractivity contribution in [3.63, 3.8) is 0 Å². The summed E-state index contributed by atoms with van der Waals surface area (Å²) < 4.78 is 5.03. The van der Waals surface area contributed by atoms with Gasteiger partial charge in [-0.25, -0.2) is 4.79 Å². The summed E-state index contributed by atoms with van der Waals surface area (Å²) in [4.78, 5) is 22.8. The highest BCUT2D eigenvalue weighted by Gasteiger charge is 2.28. The van der Waals surface area contributed by atoms with Gasteiger partial charge in [0.05, 0.1) is 6.61 Å². The van der Waals surface area contributed by atoms with Crippen molar-refractivity contribution in [3.05, 3.63) is 29.3 Å². The molecule has 1 amide bonds. The number of hydrogen-bond acceptors (Lipinski definition) is 4. The lowest BCUT2D eigenvalue weighted by Crippen LogP contribution is -2.40. The van der Waals surface area contributed by atoms with E-state index in [0.717, 1.165) is 5.56 Å². The number of nitrogens with one attached hydrogen (secondary N) is 1. The lowest BCUT2D eigenvalue weighted by molar-refractivity contribution is -0.139. The number of rotatable bonds is 4. The highest BCUT2D eigenvalue weighted by Crippen LogP contribution is 2.11. The molecule has 1 unspecified atom stereocenters. The number of amides is 1. The largest absolute Gasteiger partial charge is 0.491 e. The van der Waals surface area contributed by atoms with Crippen LogP contribution in [0.4, 0.5) is 0 Å². The van der Waals surface area contributed by atoms with Gasteiger partial charge in [-0.15, -0.1) is 0 Å². The molecule has 0 aliphatic carbocycles. The molecule has 0 aromatic heterocycles. The molecule has 3 N–H and O–H groups in total. The molecular weight excluding hydrogens is 249 g/mol. The highest BCUT2D eigenvalue weighted by molar-refractivity contribution is 6.61. The minimum absolute atomic E-state index is 0.303. The van der Waals surface area contributed by atoms with Gasteiger partial charge in [0.15, 0.2) is 0 Å². The molecule has 1 heterocycles. The maximum atomic E-state index is 11.9. The zero-order valence-electron chi connectivity index (χ0n) is 10.4. The molecule has 0 spiro atoms. The van der Waals surface area contributed by atoms with E-state index in [4.69, 9.17) is 9.76 Å². The first kappa shape index (κ1) is 13.6. The van der Waals surface area contributed by atoms with E-state index < -0.39 is 25.0 Å². The molecule has 1 aromatic carbocycles. The van der Waals surface area contributed by atoms with Crippen LogP contribution in [0.5, 0.6) is 0 Å². The maximum Gasteiger partial charge on any atom is 0.491 e. The SMILES string of the molecule is CCC(NC(=O)c1ccc2c(c1)B(O)OC2)C(=O)O. The Morgan fingerprint density at radius 1 is 1.53 bits per heavy atom. The van der Waals surface area contributed by atoms with E-state index in [0.29, 0.717) is 24.1 Å². The number of carboxylic acids is 1. The van der Waals surface area contributed by atoms with Crippen molar-refractivity contribution in [2.24, 2.45) is 0 Å². The third-order valence-corrected chi connectivity index (χ3v) is 3.08. The molecule has 1 aliphatic heterocycles. The second-order valence-corrected chi connectivity index (χ2v) is 4.35. The first-order valence-corrected chi connectivity index (χ1v) is 5.99. The van der Waals surface area contributed by atoms with Crippen LogP contribution in [0.1, 0.15) is 29.3 Å². The summed E-state index contributed by atoms with van der Waals surface area (Å²) in [5.41, 5.74) is 1.69. The lowest BCUT2D eigenvalue weighted by atomic mass is 9.79. The van der Waals surface area contributed by atoms with Crippen LogP contribution in [0.2, 0.25) is 0 Å².